The maximum Gasteiger partial charge on any atom is 0.0479 e. The SMILES string of the molecule is COCCC1(N)CCC1. The predicted molar refractivity (Wildman–Crippen MR) is 37.3 cm³/mol. The van der Waals surface area contributed by atoms with Crippen molar-refractivity contribution in [1.82, 2.24) is 0 Å². The van der Waals surface area contributed by atoms with Crippen LogP contribution in [0.1, 0.15) is 25.7 Å². The summed E-state index contributed by atoms with van der Waals surface area (Å²) in [5.41, 5.74) is 6.06. The molecule has 54 valence electrons. The minimum Gasteiger partial charge on any atom is -0.385 e. The third-order valence-corrected chi connectivity index (χ3v) is 2.15. The van der Waals surface area contributed by atoms with E-state index in [1.54, 1.807) is 7.11 Å². The first-order valence-electron chi connectivity index (χ1n) is 3.55. The van der Waals surface area contributed by atoms with Gasteiger partial charge in [0.15, 0.2) is 0 Å². The second-order valence-electron chi connectivity index (χ2n) is 2.96. The molecule has 0 aromatic carbocycles. The van der Waals surface area contributed by atoms with Gasteiger partial charge in [0.2, 0.25) is 0 Å². The van der Waals surface area contributed by atoms with Gasteiger partial charge in [-0.15, -0.1) is 0 Å². The number of methoxy groups -OCH3 is 1. The van der Waals surface area contributed by atoms with Crippen molar-refractivity contribution in [3.05, 3.63) is 0 Å². The molecule has 0 bridgehead atoms. The number of rotatable bonds is 3. The Balaban J connectivity index is 2.09. The first-order valence-corrected chi connectivity index (χ1v) is 3.55. The monoisotopic (exact) mass is 129 g/mol. The van der Waals surface area contributed by atoms with Crippen LogP contribution in [-0.4, -0.2) is 19.3 Å². The topological polar surface area (TPSA) is 35.2 Å². The van der Waals surface area contributed by atoms with Crippen molar-refractivity contribution in [2.24, 2.45) is 5.73 Å². The van der Waals surface area contributed by atoms with E-state index in [9.17, 15) is 0 Å². The van der Waals surface area contributed by atoms with Crippen LogP contribution in [0, 0.1) is 0 Å². The van der Waals surface area contributed by atoms with Crippen molar-refractivity contribution in [2.75, 3.05) is 13.7 Å². The van der Waals surface area contributed by atoms with Crippen molar-refractivity contribution in [1.29, 1.82) is 0 Å². The minimum absolute atomic E-state index is 0.149. The summed E-state index contributed by atoms with van der Waals surface area (Å²) >= 11 is 0. The zero-order valence-electron chi connectivity index (χ0n) is 6.02. The molecule has 0 aliphatic heterocycles. The Labute approximate surface area is 56.4 Å². The Bertz CT molecular complexity index is 88.9. The molecule has 2 nitrogen and oxygen atoms in total. The van der Waals surface area contributed by atoms with Gasteiger partial charge in [-0.25, -0.2) is 0 Å². The molecule has 0 aromatic heterocycles. The van der Waals surface area contributed by atoms with Gasteiger partial charge in [0, 0.05) is 19.3 Å². The van der Waals surface area contributed by atoms with Gasteiger partial charge in [0.1, 0.15) is 0 Å². The summed E-state index contributed by atoms with van der Waals surface area (Å²) in [6.07, 6.45) is 4.72. The summed E-state index contributed by atoms with van der Waals surface area (Å²) in [6, 6.07) is 0. The number of hydrogen-bond donors (Lipinski definition) is 1. The predicted octanol–water partition coefficient (Wildman–Crippen LogP) is 0.904. The third-order valence-electron chi connectivity index (χ3n) is 2.15. The average molecular weight is 129 g/mol. The lowest BCUT2D eigenvalue weighted by Gasteiger charge is -2.37. The van der Waals surface area contributed by atoms with Crippen LogP contribution in [-0.2, 0) is 4.74 Å². The molecule has 0 radical (unpaired) electrons. The van der Waals surface area contributed by atoms with Crippen LogP contribution in [0.15, 0.2) is 0 Å². The maximum absolute atomic E-state index is 5.91. The Kier molecular flexibility index (Phi) is 2.09. The Morgan fingerprint density at radius 1 is 1.56 bits per heavy atom. The Hall–Kier alpha value is -0.0800. The molecular weight excluding hydrogens is 114 g/mol. The highest BCUT2D eigenvalue weighted by atomic mass is 16.5. The summed E-state index contributed by atoms with van der Waals surface area (Å²) in [6.45, 7) is 0.816. The molecule has 0 amide bonds. The molecule has 1 saturated carbocycles. The molecule has 1 fully saturated rings. The lowest BCUT2D eigenvalue weighted by atomic mass is 9.76. The highest BCUT2D eigenvalue weighted by Gasteiger charge is 2.31. The molecule has 0 spiro atoms. The van der Waals surface area contributed by atoms with Gasteiger partial charge in [-0.05, 0) is 25.7 Å². The van der Waals surface area contributed by atoms with Crippen molar-refractivity contribution in [3.8, 4) is 0 Å². The van der Waals surface area contributed by atoms with Gasteiger partial charge in [0.25, 0.3) is 0 Å². The maximum atomic E-state index is 5.91. The quantitative estimate of drug-likeness (QED) is 0.614. The normalized spacial score (nSPS) is 23.3. The van der Waals surface area contributed by atoms with E-state index in [1.165, 1.54) is 19.3 Å². The first-order chi connectivity index (χ1) is 4.27. The number of nitrogens with two attached hydrogens (primary N) is 1. The molecule has 0 heterocycles. The third kappa shape index (κ3) is 1.66. The van der Waals surface area contributed by atoms with Crippen molar-refractivity contribution in [3.63, 3.8) is 0 Å². The molecule has 0 unspecified atom stereocenters. The fraction of sp³-hybridized carbons (Fsp3) is 1.00. The van der Waals surface area contributed by atoms with Crippen molar-refractivity contribution < 1.29 is 4.74 Å². The zero-order chi connectivity index (χ0) is 6.74. The Morgan fingerprint density at radius 3 is 2.56 bits per heavy atom. The molecule has 1 rings (SSSR count). The number of ether oxygens (including phenoxy) is 1. The first kappa shape index (κ1) is 7.03. The summed E-state index contributed by atoms with van der Waals surface area (Å²) in [7, 11) is 1.72. The Morgan fingerprint density at radius 2 is 2.22 bits per heavy atom. The van der Waals surface area contributed by atoms with Gasteiger partial charge in [-0.1, -0.05) is 0 Å². The molecular formula is C7H15NO. The lowest BCUT2D eigenvalue weighted by Crippen LogP contribution is -2.47. The highest BCUT2D eigenvalue weighted by Crippen LogP contribution is 2.31. The standard InChI is InChI=1S/C7H15NO/c1-9-6-5-7(8)3-2-4-7/h2-6,8H2,1H3. The second-order valence-corrected chi connectivity index (χ2v) is 2.96. The molecule has 1 aliphatic rings. The smallest absolute Gasteiger partial charge is 0.0479 e. The van der Waals surface area contributed by atoms with Crippen LogP contribution in [0.4, 0.5) is 0 Å². The average Bonchev–Trinajstić information content (AvgIpc) is 1.79. The van der Waals surface area contributed by atoms with Crippen LogP contribution >= 0.6 is 0 Å². The summed E-state index contributed by atoms with van der Waals surface area (Å²) in [5.74, 6) is 0. The van der Waals surface area contributed by atoms with Gasteiger partial charge >= 0.3 is 0 Å². The van der Waals surface area contributed by atoms with Crippen molar-refractivity contribution >= 4 is 0 Å². The molecule has 2 N–H and O–H groups in total. The molecule has 0 atom stereocenters. The van der Waals surface area contributed by atoms with Crippen LogP contribution < -0.4 is 5.73 Å². The van der Waals surface area contributed by atoms with E-state index in [1.807, 2.05) is 0 Å². The molecule has 9 heavy (non-hydrogen) atoms. The summed E-state index contributed by atoms with van der Waals surface area (Å²) in [5, 5.41) is 0. The highest BCUT2D eigenvalue weighted by molar-refractivity contribution is 4.91. The lowest BCUT2D eigenvalue weighted by molar-refractivity contribution is 0.133. The molecule has 2 heteroatoms. The fourth-order valence-corrected chi connectivity index (χ4v) is 1.19. The summed E-state index contributed by atoms with van der Waals surface area (Å²) in [4.78, 5) is 0. The van der Waals surface area contributed by atoms with E-state index in [0.29, 0.717) is 0 Å². The van der Waals surface area contributed by atoms with Crippen molar-refractivity contribution in [2.45, 2.75) is 31.2 Å². The molecule has 1 aliphatic carbocycles. The van der Waals surface area contributed by atoms with E-state index in [2.05, 4.69) is 0 Å². The molecule has 0 aromatic rings. The van der Waals surface area contributed by atoms with Crippen LogP contribution in [0.25, 0.3) is 0 Å². The largest absolute Gasteiger partial charge is 0.385 e. The minimum atomic E-state index is 0.149. The van der Waals surface area contributed by atoms with E-state index < -0.39 is 0 Å². The number of hydrogen-bond acceptors (Lipinski definition) is 2. The zero-order valence-corrected chi connectivity index (χ0v) is 6.02. The van der Waals surface area contributed by atoms with Gasteiger partial charge in [0.05, 0.1) is 0 Å². The van der Waals surface area contributed by atoms with Gasteiger partial charge < -0.3 is 10.5 Å². The second kappa shape index (κ2) is 2.67. The molecule has 0 saturated heterocycles. The van der Waals surface area contributed by atoms with Crippen LogP contribution in [0.2, 0.25) is 0 Å². The van der Waals surface area contributed by atoms with E-state index in [4.69, 9.17) is 10.5 Å². The fourth-order valence-electron chi connectivity index (χ4n) is 1.19. The van der Waals surface area contributed by atoms with Crippen LogP contribution in [0.3, 0.4) is 0 Å². The van der Waals surface area contributed by atoms with E-state index in [-0.39, 0.29) is 5.54 Å². The van der Waals surface area contributed by atoms with Crippen LogP contribution in [0.5, 0.6) is 0 Å². The summed E-state index contributed by atoms with van der Waals surface area (Å²) < 4.78 is 4.93. The van der Waals surface area contributed by atoms with Gasteiger partial charge in [-0.2, -0.15) is 0 Å². The van der Waals surface area contributed by atoms with E-state index in [0.717, 1.165) is 13.0 Å². The van der Waals surface area contributed by atoms with Gasteiger partial charge in [-0.3, -0.25) is 0 Å². The van der Waals surface area contributed by atoms with E-state index >= 15 is 0 Å².